The van der Waals surface area contributed by atoms with E-state index in [2.05, 4.69) is 10.3 Å². The lowest BCUT2D eigenvalue weighted by atomic mass is 10.2. The van der Waals surface area contributed by atoms with Crippen LogP contribution in [-0.4, -0.2) is 42.0 Å². The molecule has 1 fully saturated rings. The number of likely N-dealkylation sites (N-methyl/N-ethyl adjacent to an activating group) is 1. The number of rotatable bonds is 3. The highest BCUT2D eigenvalue weighted by molar-refractivity contribution is 7.17. The standard InChI is InChI=1S/C16H18ClN3OS.2ClH/c1-10-14(16(21)20(2)13-7-8-18-9-13)22-15(19-10)11-3-5-12(17)6-4-11;;/h3-6,13,18H,7-9H2,1-2H3;2*1H. The van der Waals surface area contributed by atoms with Gasteiger partial charge in [0, 0.05) is 30.2 Å². The van der Waals surface area contributed by atoms with E-state index in [0.717, 1.165) is 40.7 Å². The van der Waals surface area contributed by atoms with Crippen molar-refractivity contribution in [1.29, 1.82) is 0 Å². The molecule has 1 atom stereocenters. The van der Waals surface area contributed by atoms with Crippen molar-refractivity contribution in [3.8, 4) is 10.6 Å². The molecule has 132 valence electrons. The van der Waals surface area contributed by atoms with E-state index >= 15 is 0 Å². The van der Waals surface area contributed by atoms with Crippen LogP contribution in [0.4, 0.5) is 0 Å². The molecule has 1 aromatic heterocycles. The maximum Gasteiger partial charge on any atom is 0.265 e. The number of nitrogens with one attached hydrogen (secondary N) is 1. The lowest BCUT2D eigenvalue weighted by Crippen LogP contribution is -2.38. The van der Waals surface area contributed by atoms with E-state index in [1.165, 1.54) is 11.3 Å². The molecule has 1 unspecified atom stereocenters. The molecular weight excluding hydrogens is 389 g/mol. The summed E-state index contributed by atoms with van der Waals surface area (Å²) < 4.78 is 0. The molecule has 2 aromatic rings. The van der Waals surface area contributed by atoms with Gasteiger partial charge in [-0.25, -0.2) is 4.98 Å². The second-order valence-corrected chi connectivity index (χ2v) is 6.94. The molecule has 0 aliphatic carbocycles. The summed E-state index contributed by atoms with van der Waals surface area (Å²) in [4.78, 5) is 19.8. The Morgan fingerprint density at radius 2 is 2.00 bits per heavy atom. The SMILES string of the molecule is Cc1nc(-c2ccc(Cl)cc2)sc1C(=O)N(C)C1CCNC1.Cl.Cl. The fraction of sp³-hybridized carbons (Fsp3) is 0.375. The lowest BCUT2D eigenvalue weighted by molar-refractivity contribution is 0.0747. The minimum atomic E-state index is 0. The molecule has 1 aliphatic rings. The van der Waals surface area contributed by atoms with Crippen LogP contribution in [0.3, 0.4) is 0 Å². The van der Waals surface area contributed by atoms with Crippen LogP contribution in [0.2, 0.25) is 5.02 Å². The van der Waals surface area contributed by atoms with E-state index in [1.54, 1.807) is 0 Å². The predicted molar refractivity (Wildman–Crippen MR) is 105 cm³/mol. The third-order valence-electron chi connectivity index (χ3n) is 3.98. The molecule has 8 heteroatoms. The van der Waals surface area contributed by atoms with Crippen LogP contribution in [0.5, 0.6) is 0 Å². The largest absolute Gasteiger partial charge is 0.337 e. The molecule has 1 aromatic carbocycles. The Kier molecular flexibility index (Phi) is 7.96. The molecule has 1 N–H and O–H groups in total. The Labute approximate surface area is 163 Å². The molecule has 0 saturated carbocycles. The molecule has 0 radical (unpaired) electrons. The van der Waals surface area contributed by atoms with Gasteiger partial charge >= 0.3 is 0 Å². The van der Waals surface area contributed by atoms with E-state index in [4.69, 9.17) is 11.6 Å². The zero-order chi connectivity index (χ0) is 15.7. The van der Waals surface area contributed by atoms with Gasteiger partial charge in [0.15, 0.2) is 0 Å². The van der Waals surface area contributed by atoms with Gasteiger partial charge in [0.1, 0.15) is 9.88 Å². The Hall–Kier alpha value is -0.850. The van der Waals surface area contributed by atoms with Crippen molar-refractivity contribution in [3.05, 3.63) is 39.9 Å². The van der Waals surface area contributed by atoms with Crippen molar-refractivity contribution < 1.29 is 4.79 Å². The Morgan fingerprint density at radius 3 is 2.58 bits per heavy atom. The number of hydrogen-bond acceptors (Lipinski definition) is 4. The van der Waals surface area contributed by atoms with E-state index in [0.29, 0.717) is 5.02 Å². The number of aryl methyl sites for hydroxylation is 1. The highest BCUT2D eigenvalue weighted by Crippen LogP contribution is 2.30. The van der Waals surface area contributed by atoms with Crippen LogP contribution in [0, 0.1) is 6.92 Å². The topological polar surface area (TPSA) is 45.2 Å². The number of nitrogens with zero attached hydrogens (tertiary/aromatic N) is 2. The monoisotopic (exact) mass is 407 g/mol. The minimum Gasteiger partial charge on any atom is -0.337 e. The van der Waals surface area contributed by atoms with Gasteiger partial charge in [0.25, 0.3) is 5.91 Å². The van der Waals surface area contributed by atoms with E-state index in [9.17, 15) is 4.79 Å². The van der Waals surface area contributed by atoms with Crippen molar-refractivity contribution in [2.75, 3.05) is 20.1 Å². The van der Waals surface area contributed by atoms with Crippen LogP contribution in [0.1, 0.15) is 21.8 Å². The maximum atomic E-state index is 12.7. The zero-order valence-electron chi connectivity index (χ0n) is 13.4. The van der Waals surface area contributed by atoms with Crippen LogP contribution < -0.4 is 5.32 Å². The number of carbonyl (C=O) groups excluding carboxylic acids is 1. The van der Waals surface area contributed by atoms with Gasteiger partial charge in [0.2, 0.25) is 0 Å². The molecule has 24 heavy (non-hydrogen) atoms. The average molecular weight is 409 g/mol. The second-order valence-electron chi connectivity index (χ2n) is 5.50. The smallest absolute Gasteiger partial charge is 0.265 e. The van der Waals surface area contributed by atoms with Crippen molar-refractivity contribution in [3.63, 3.8) is 0 Å². The van der Waals surface area contributed by atoms with E-state index < -0.39 is 0 Å². The number of benzene rings is 1. The molecule has 0 spiro atoms. The van der Waals surface area contributed by atoms with Crippen molar-refractivity contribution in [2.45, 2.75) is 19.4 Å². The first kappa shape index (κ1) is 21.2. The Balaban J connectivity index is 0.00000144. The van der Waals surface area contributed by atoms with Crippen LogP contribution in [0.15, 0.2) is 24.3 Å². The number of halogens is 3. The van der Waals surface area contributed by atoms with Gasteiger partial charge < -0.3 is 10.2 Å². The molecule has 1 aliphatic heterocycles. The van der Waals surface area contributed by atoms with Crippen LogP contribution in [-0.2, 0) is 0 Å². The summed E-state index contributed by atoms with van der Waals surface area (Å²) >= 11 is 7.36. The third-order valence-corrected chi connectivity index (χ3v) is 5.43. The third kappa shape index (κ3) is 4.41. The quantitative estimate of drug-likeness (QED) is 0.833. The van der Waals surface area contributed by atoms with Gasteiger partial charge in [-0.2, -0.15) is 0 Å². The minimum absolute atomic E-state index is 0. The van der Waals surface area contributed by atoms with Crippen molar-refractivity contribution >= 4 is 53.7 Å². The van der Waals surface area contributed by atoms with E-state index in [1.807, 2.05) is 43.1 Å². The zero-order valence-corrected chi connectivity index (χ0v) is 16.6. The number of amides is 1. The predicted octanol–water partition coefficient (Wildman–Crippen LogP) is 4.05. The Bertz CT molecular complexity index is 684. The summed E-state index contributed by atoms with van der Waals surface area (Å²) in [5.41, 5.74) is 1.78. The summed E-state index contributed by atoms with van der Waals surface area (Å²) in [7, 11) is 1.88. The van der Waals surface area contributed by atoms with Gasteiger partial charge in [0.05, 0.1) is 5.69 Å². The molecule has 1 saturated heterocycles. The highest BCUT2D eigenvalue weighted by Gasteiger charge is 2.26. The van der Waals surface area contributed by atoms with Crippen LogP contribution in [0.25, 0.3) is 10.6 Å². The fourth-order valence-electron chi connectivity index (χ4n) is 2.61. The number of hydrogen-bond donors (Lipinski definition) is 1. The summed E-state index contributed by atoms with van der Waals surface area (Å²) in [6.07, 6.45) is 1.00. The number of aromatic nitrogens is 1. The highest BCUT2D eigenvalue weighted by atomic mass is 35.5. The number of thiazole rings is 1. The van der Waals surface area contributed by atoms with Crippen molar-refractivity contribution in [1.82, 2.24) is 15.2 Å². The van der Waals surface area contributed by atoms with E-state index in [-0.39, 0.29) is 36.8 Å². The summed E-state index contributed by atoms with van der Waals surface area (Å²) in [5.74, 6) is 0.0592. The molecule has 4 nitrogen and oxygen atoms in total. The van der Waals surface area contributed by atoms with Gasteiger partial charge in [-0.1, -0.05) is 23.7 Å². The summed E-state index contributed by atoms with van der Waals surface area (Å²) in [6.45, 7) is 3.73. The average Bonchev–Trinajstić information content (AvgIpc) is 3.16. The second kappa shape index (κ2) is 9.02. The summed E-state index contributed by atoms with van der Waals surface area (Å²) in [5, 5.41) is 4.84. The molecular formula is C16H20Cl3N3OS. The van der Waals surface area contributed by atoms with Gasteiger partial charge in [-0.3, -0.25) is 4.79 Å². The molecule has 3 rings (SSSR count). The first-order chi connectivity index (χ1) is 10.6. The van der Waals surface area contributed by atoms with Gasteiger partial charge in [-0.05, 0) is 32.0 Å². The number of carbonyl (C=O) groups is 1. The molecule has 2 heterocycles. The first-order valence-corrected chi connectivity index (χ1v) is 8.47. The maximum absolute atomic E-state index is 12.7. The van der Waals surface area contributed by atoms with Gasteiger partial charge in [-0.15, -0.1) is 36.2 Å². The van der Waals surface area contributed by atoms with Crippen molar-refractivity contribution in [2.24, 2.45) is 0 Å². The normalized spacial score (nSPS) is 16.2. The molecule has 0 bridgehead atoms. The first-order valence-electron chi connectivity index (χ1n) is 7.27. The fourth-order valence-corrected chi connectivity index (χ4v) is 3.79. The molecule has 1 amide bonds. The lowest BCUT2D eigenvalue weighted by Gasteiger charge is -2.23. The van der Waals surface area contributed by atoms with Crippen LogP contribution >= 0.6 is 47.8 Å². The Morgan fingerprint density at radius 1 is 1.33 bits per heavy atom. The summed E-state index contributed by atoms with van der Waals surface area (Å²) in [6, 6.07) is 7.81.